The molecule has 1 aromatic heterocycles. The fourth-order valence-electron chi connectivity index (χ4n) is 4.55. The molecular formula is C28H27N3O3. The second-order valence-corrected chi connectivity index (χ2v) is 8.38. The van der Waals surface area contributed by atoms with Crippen molar-refractivity contribution < 1.29 is 14.3 Å². The number of methoxy groups -OCH3 is 2. The van der Waals surface area contributed by atoms with Crippen LogP contribution in [0.4, 0.5) is 11.5 Å². The van der Waals surface area contributed by atoms with Gasteiger partial charge in [0.25, 0.3) is 0 Å². The molecule has 0 spiro atoms. The van der Waals surface area contributed by atoms with Gasteiger partial charge in [-0.05, 0) is 35.7 Å². The number of nitrogens with one attached hydrogen (secondary N) is 1. The van der Waals surface area contributed by atoms with Crippen LogP contribution in [0.1, 0.15) is 16.7 Å². The summed E-state index contributed by atoms with van der Waals surface area (Å²) in [4.78, 5) is 20.4. The average Bonchev–Trinajstić information content (AvgIpc) is 3.26. The standard InChI is InChI=1S/C28H27N3O3/c1-33-24-13-12-20(16-25(24)34-2)17-26(32)30-27-21-10-6-7-11-23(21)29-28-22(27)14-15-31(28)18-19-8-4-3-5-9-19/h3-13,16H,14-15,17-18H2,1-2H3,(H,29,30,32). The Bertz CT molecular complexity index is 1340. The van der Waals surface area contributed by atoms with Crippen molar-refractivity contribution in [2.75, 3.05) is 31.0 Å². The predicted octanol–water partition coefficient (Wildman–Crippen LogP) is 5.00. The molecule has 34 heavy (non-hydrogen) atoms. The molecular weight excluding hydrogens is 426 g/mol. The third-order valence-corrected chi connectivity index (χ3v) is 6.20. The van der Waals surface area contributed by atoms with Crippen molar-refractivity contribution in [2.24, 2.45) is 0 Å². The lowest BCUT2D eigenvalue weighted by molar-refractivity contribution is -0.115. The first kappa shape index (κ1) is 21.8. The van der Waals surface area contributed by atoms with Gasteiger partial charge in [0, 0.05) is 24.0 Å². The van der Waals surface area contributed by atoms with Gasteiger partial charge in [-0.15, -0.1) is 0 Å². The number of pyridine rings is 1. The molecule has 0 unspecified atom stereocenters. The molecule has 5 rings (SSSR count). The van der Waals surface area contributed by atoms with E-state index >= 15 is 0 Å². The zero-order valence-corrected chi connectivity index (χ0v) is 19.4. The molecule has 0 saturated heterocycles. The summed E-state index contributed by atoms with van der Waals surface area (Å²) < 4.78 is 10.7. The molecule has 4 aromatic rings. The molecule has 0 aliphatic carbocycles. The summed E-state index contributed by atoms with van der Waals surface area (Å²) in [6, 6.07) is 23.9. The zero-order valence-electron chi connectivity index (χ0n) is 19.4. The number of carbonyl (C=O) groups is 1. The highest BCUT2D eigenvalue weighted by Crippen LogP contribution is 2.38. The van der Waals surface area contributed by atoms with E-state index in [4.69, 9.17) is 14.5 Å². The minimum atomic E-state index is -0.0766. The van der Waals surface area contributed by atoms with Crippen LogP contribution in [0.3, 0.4) is 0 Å². The predicted molar refractivity (Wildman–Crippen MR) is 135 cm³/mol. The molecule has 3 aromatic carbocycles. The van der Waals surface area contributed by atoms with Gasteiger partial charge in [-0.3, -0.25) is 4.79 Å². The van der Waals surface area contributed by atoms with Gasteiger partial charge in [0.05, 0.1) is 31.8 Å². The second-order valence-electron chi connectivity index (χ2n) is 8.38. The summed E-state index contributed by atoms with van der Waals surface area (Å²) >= 11 is 0. The van der Waals surface area contributed by atoms with Crippen LogP contribution in [-0.4, -0.2) is 31.7 Å². The molecule has 6 heteroatoms. The molecule has 1 aliphatic rings. The van der Waals surface area contributed by atoms with E-state index in [-0.39, 0.29) is 12.3 Å². The number of anilines is 2. The third-order valence-electron chi connectivity index (χ3n) is 6.20. The van der Waals surface area contributed by atoms with Crippen LogP contribution >= 0.6 is 0 Å². The maximum absolute atomic E-state index is 13.1. The number of benzene rings is 3. The summed E-state index contributed by atoms with van der Waals surface area (Å²) in [7, 11) is 3.19. The highest BCUT2D eigenvalue weighted by molar-refractivity contribution is 6.04. The van der Waals surface area contributed by atoms with Gasteiger partial charge in [0.2, 0.25) is 5.91 Å². The number of para-hydroxylation sites is 1. The fraction of sp³-hybridized carbons (Fsp3) is 0.214. The first-order valence-corrected chi connectivity index (χ1v) is 11.4. The smallest absolute Gasteiger partial charge is 0.228 e. The van der Waals surface area contributed by atoms with Gasteiger partial charge in [0.15, 0.2) is 11.5 Å². The third kappa shape index (κ3) is 4.27. The van der Waals surface area contributed by atoms with E-state index in [1.807, 2.05) is 48.5 Å². The van der Waals surface area contributed by atoms with E-state index in [2.05, 4.69) is 34.5 Å². The van der Waals surface area contributed by atoms with E-state index in [1.165, 1.54) is 5.56 Å². The first-order valence-electron chi connectivity index (χ1n) is 11.4. The van der Waals surface area contributed by atoms with Crippen molar-refractivity contribution in [3.8, 4) is 11.5 Å². The normalized spacial score (nSPS) is 12.5. The first-order chi connectivity index (χ1) is 16.7. The van der Waals surface area contributed by atoms with E-state index in [0.717, 1.165) is 53.0 Å². The number of amides is 1. The Hall–Kier alpha value is -4.06. The van der Waals surface area contributed by atoms with Crippen LogP contribution < -0.4 is 19.7 Å². The van der Waals surface area contributed by atoms with Crippen LogP contribution in [0.2, 0.25) is 0 Å². The van der Waals surface area contributed by atoms with Crippen LogP contribution in [0.25, 0.3) is 10.9 Å². The molecule has 6 nitrogen and oxygen atoms in total. The number of aromatic nitrogens is 1. The molecule has 0 fully saturated rings. The van der Waals surface area contributed by atoms with E-state index in [1.54, 1.807) is 14.2 Å². The summed E-state index contributed by atoms with van der Waals surface area (Å²) in [5.41, 5.74) is 4.93. The van der Waals surface area contributed by atoms with Crippen molar-refractivity contribution in [3.05, 3.63) is 89.5 Å². The number of carbonyl (C=O) groups excluding carboxylic acids is 1. The van der Waals surface area contributed by atoms with Gasteiger partial charge in [0.1, 0.15) is 5.82 Å². The molecule has 1 N–H and O–H groups in total. The van der Waals surface area contributed by atoms with Crippen LogP contribution in [0.15, 0.2) is 72.8 Å². The molecule has 172 valence electrons. The van der Waals surface area contributed by atoms with Crippen molar-refractivity contribution in [3.63, 3.8) is 0 Å². The van der Waals surface area contributed by atoms with Crippen LogP contribution in [-0.2, 0) is 24.2 Å². The van der Waals surface area contributed by atoms with E-state index in [0.29, 0.717) is 11.5 Å². The number of hydrogen-bond acceptors (Lipinski definition) is 5. The Morgan fingerprint density at radius 3 is 2.50 bits per heavy atom. The van der Waals surface area contributed by atoms with Crippen molar-refractivity contribution in [1.29, 1.82) is 0 Å². The Morgan fingerprint density at radius 1 is 0.941 bits per heavy atom. The molecule has 2 heterocycles. The van der Waals surface area contributed by atoms with Crippen molar-refractivity contribution in [1.82, 2.24) is 4.98 Å². The number of nitrogens with zero attached hydrogens (tertiary/aromatic N) is 2. The van der Waals surface area contributed by atoms with Crippen LogP contribution in [0, 0.1) is 0 Å². The van der Waals surface area contributed by atoms with E-state index < -0.39 is 0 Å². The van der Waals surface area contributed by atoms with Gasteiger partial charge in [-0.1, -0.05) is 54.6 Å². The molecule has 1 aliphatic heterocycles. The molecule has 0 radical (unpaired) electrons. The Morgan fingerprint density at radius 2 is 1.71 bits per heavy atom. The number of fused-ring (bicyclic) bond motifs is 2. The van der Waals surface area contributed by atoms with Crippen LogP contribution in [0.5, 0.6) is 11.5 Å². The molecule has 0 atom stereocenters. The molecule has 1 amide bonds. The Balaban J connectivity index is 1.45. The lowest BCUT2D eigenvalue weighted by Crippen LogP contribution is -2.20. The van der Waals surface area contributed by atoms with Gasteiger partial charge in [-0.25, -0.2) is 4.98 Å². The topological polar surface area (TPSA) is 63.7 Å². The maximum Gasteiger partial charge on any atom is 0.228 e. The van der Waals surface area contributed by atoms with Crippen molar-refractivity contribution in [2.45, 2.75) is 19.4 Å². The average molecular weight is 454 g/mol. The Labute approximate surface area is 199 Å². The lowest BCUT2D eigenvalue weighted by atomic mass is 10.1. The summed E-state index contributed by atoms with van der Waals surface area (Å²) in [5.74, 6) is 2.12. The van der Waals surface area contributed by atoms with Gasteiger partial charge < -0.3 is 19.7 Å². The largest absolute Gasteiger partial charge is 0.493 e. The second kappa shape index (κ2) is 9.43. The number of rotatable bonds is 7. The summed E-state index contributed by atoms with van der Waals surface area (Å²) in [6.07, 6.45) is 1.07. The summed E-state index contributed by atoms with van der Waals surface area (Å²) in [5, 5.41) is 4.17. The molecule has 0 bridgehead atoms. The zero-order chi connectivity index (χ0) is 23.5. The minimum Gasteiger partial charge on any atom is -0.493 e. The summed E-state index contributed by atoms with van der Waals surface area (Å²) in [6.45, 7) is 1.66. The highest BCUT2D eigenvalue weighted by atomic mass is 16.5. The van der Waals surface area contributed by atoms with Crippen molar-refractivity contribution >= 4 is 28.3 Å². The lowest BCUT2D eigenvalue weighted by Gasteiger charge is -2.20. The molecule has 0 saturated carbocycles. The maximum atomic E-state index is 13.1. The quantitative estimate of drug-likeness (QED) is 0.427. The highest BCUT2D eigenvalue weighted by Gasteiger charge is 2.26. The SMILES string of the molecule is COc1ccc(CC(=O)Nc2c3c(nc4ccccc24)N(Cc2ccccc2)CC3)cc1OC. The number of ether oxygens (including phenoxy) is 2. The minimum absolute atomic E-state index is 0.0766. The van der Waals surface area contributed by atoms with Gasteiger partial charge >= 0.3 is 0 Å². The monoisotopic (exact) mass is 453 g/mol. The fourth-order valence-corrected chi connectivity index (χ4v) is 4.55. The Kier molecular flexibility index (Phi) is 6.04. The number of hydrogen-bond donors (Lipinski definition) is 1. The van der Waals surface area contributed by atoms with Gasteiger partial charge in [-0.2, -0.15) is 0 Å². The van der Waals surface area contributed by atoms with E-state index in [9.17, 15) is 4.79 Å².